The number of benzene rings is 4. The second-order valence-electron chi connectivity index (χ2n) is 4.84. The van der Waals surface area contributed by atoms with Crippen LogP contribution in [0.15, 0.2) is 48.5 Å². The second kappa shape index (κ2) is 3.65. The summed E-state index contributed by atoms with van der Waals surface area (Å²) in [7, 11) is 0. The fourth-order valence-electron chi connectivity index (χ4n) is 2.95. The van der Waals surface area contributed by atoms with Crippen molar-refractivity contribution in [2.45, 2.75) is 6.61 Å². The molecule has 0 aliphatic rings. The van der Waals surface area contributed by atoms with Gasteiger partial charge in [0.2, 0.25) is 0 Å². The van der Waals surface area contributed by atoms with Gasteiger partial charge in [0.25, 0.3) is 0 Å². The van der Waals surface area contributed by atoms with Crippen LogP contribution in [0.4, 0.5) is 4.39 Å². The van der Waals surface area contributed by atoms with E-state index in [0.717, 1.165) is 32.5 Å². The van der Waals surface area contributed by atoms with Crippen molar-refractivity contribution in [1.29, 1.82) is 0 Å². The summed E-state index contributed by atoms with van der Waals surface area (Å²) in [5.74, 6) is -0.213. The maximum Gasteiger partial charge on any atom is 0.131 e. The average Bonchev–Trinajstić information content (AvgIpc) is 2.46. The maximum absolute atomic E-state index is 13.9. The maximum atomic E-state index is 13.9. The van der Waals surface area contributed by atoms with Gasteiger partial charge in [0.1, 0.15) is 12.4 Å². The van der Waals surface area contributed by atoms with Crippen molar-refractivity contribution in [3.05, 3.63) is 59.9 Å². The molecule has 0 fully saturated rings. The van der Waals surface area contributed by atoms with Crippen molar-refractivity contribution in [1.82, 2.24) is 0 Å². The summed E-state index contributed by atoms with van der Waals surface area (Å²) in [4.78, 5) is 0. The molecule has 0 atom stereocenters. The minimum absolute atomic E-state index is 0.213. The lowest BCUT2D eigenvalue weighted by Crippen LogP contribution is -1.90. The predicted molar refractivity (Wildman–Crippen MR) is 74.5 cm³/mol. The lowest BCUT2D eigenvalue weighted by Gasteiger charge is -2.12. The molecular formula is C17H10FO. The van der Waals surface area contributed by atoms with E-state index >= 15 is 0 Å². The van der Waals surface area contributed by atoms with Crippen molar-refractivity contribution in [2.24, 2.45) is 0 Å². The van der Waals surface area contributed by atoms with Crippen LogP contribution in [0.1, 0.15) is 5.56 Å². The lowest BCUT2D eigenvalue weighted by molar-refractivity contribution is 0.179. The molecule has 0 unspecified atom stereocenters. The highest BCUT2D eigenvalue weighted by Crippen LogP contribution is 2.36. The Morgan fingerprint density at radius 3 is 2.05 bits per heavy atom. The Hall–Kier alpha value is -2.19. The topological polar surface area (TPSA) is 19.9 Å². The van der Waals surface area contributed by atoms with Gasteiger partial charge in [-0.25, -0.2) is 9.50 Å². The van der Waals surface area contributed by atoms with Gasteiger partial charge in [-0.1, -0.05) is 42.5 Å². The third-order valence-electron chi connectivity index (χ3n) is 3.86. The first-order valence-corrected chi connectivity index (χ1v) is 6.22. The standard InChI is InChI=1S/C17H10FO/c18-15-8-5-11-3-6-13-12(9-19)2-1-10-4-7-14(15)17(11)16(10)13/h1-8H,9H2. The molecule has 0 N–H and O–H groups in total. The Bertz CT molecular complexity index is 911. The summed E-state index contributed by atoms with van der Waals surface area (Å²) in [6, 6.07) is 14.8. The number of hydrogen-bond donors (Lipinski definition) is 0. The zero-order valence-electron chi connectivity index (χ0n) is 10.1. The molecular weight excluding hydrogens is 239 g/mol. The van der Waals surface area contributed by atoms with E-state index in [4.69, 9.17) is 0 Å². The third-order valence-corrected chi connectivity index (χ3v) is 3.86. The van der Waals surface area contributed by atoms with Crippen molar-refractivity contribution in [3.63, 3.8) is 0 Å². The van der Waals surface area contributed by atoms with Gasteiger partial charge in [-0.3, -0.25) is 0 Å². The summed E-state index contributed by atoms with van der Waals surface area (Å²) in [6.45, 7) is -0.253. The van der Waals surface area contributed by atoms with Gasteiger partial charge in [0.05, 0.1) is 0 Å². The van der Waals surface area contributed by atoms with E-state index in [1.165, 1.54) is 6.07 Å². The van der Waals surface area contributed by atoms with Crippen LogP contribution in [-0.2, 0) is 11.7 Å². The van der Waals surface area contributed by atoms with Crippen LogP contribution in [0.25, 0.3) is 32.3 Å². The first-order chi connectivity index (χ1) is 9.29. The molecule has 4 aromatic rings. The Labute approximate surface area is 109 Å². The van der Waals surface area contributed by atoms with Gasteiger partial charge in [-0.2, -0.15) is 0 Å². The predicted octanol–water partition coefficient (Wildman–Crippen LogP) is 4.65. The molecule has 0 heterocycles. The Balaban J connectivity index is 2.39. The Kier molecular flexibility index (Phi) is 2.06. The van der Waals surface area contributed by atoms with E-state index in [1.54, 1.807) is 6.07 Å². The molecule has 0 aromatic heterocycles. The molecule has 0 spiro atoms. The highest BCUT2D eigenvalue weighted by Gasteiger charge is 2.12. The third kappa shape index (κ3) is 1.32. The molecule has 4 rings (SSSR count). The fourth-order valence-corrected chi connectivity index (χ4v) is 2.95. The van der Waals surface area contributed by atoms with Crippen LogP contribution < -0.4 is 0 Å². The Morgan fingerprint density at radius 1 is 0.737 bits per heavy atom. The lowest BCUT2D eigenvalue weighted by atomic mass is 9.92. The number of halogens is 1. The second-order valence-corrected chi connectivity index (χ2v) is 4.84. The smallest absolute Gasteiger partial charge is 0.131 e. The molecule has 0 bridgehead atoms. The van der Waals surface area contributed by atoms with Gasteiger partial charge < -0.3 is 0 Å². The molecule has 4 aromatic carbocycles. The van der Waals surface area contributed by atoms with Gasteiger partial charge in [-0.15, -0.1) is 0 Å². The monoisotopic (exact) mass is 249 g/mol. The quantitative estimate of drug-likeness (QED) is 0.437. The van der Waals surface area contributed by atoms with Gasteiger partial charge in [-0.05, 0) is 33.2 Å². The number of rotatable bonds is 1. The van der Waals surface area contributed by atoms with Crippen LogP contribution in [-0.4, -0.2) is 0 Å². The molecule has 1 radical (unpaired) electrons. The van der Waals surface area contributed by atoms with E-state index in [-0.39, 0.29) is 12.4 Å². The summed E-state index contributed by atoms with van der Waals surface area (Å²) in [5.41, 5.74) is 0.770. The summed E-state index contributed by atoms with van der Waals surface area (Å²) in [5, 5.41) is 16.8. The normalized spacial score (nSPS) is 11.9. The molecule has 1 nitrogen and oxygen atoms in total. The molecule has 0 saturated heterocycles. The Morgan fingerprint density at radius 2 is 1.32 bits per heavy atom. The van der Waals surface area contributed by atoms with Gasteiger partial charge in [0, 0.05) is 10.8 Å². The highest BCUT2D eigenvalue weighted by molar-refractivity contribution is 6.23. The van der Waals surface area contributed by atoms with Crippen molar-refractivity contribution >= 4 is 32.3 Å². The van der Waals surface area contributed by atoms with Crippen molar-refractivity contribution in [3.8, 4) is 0 Å². The molecule has 0 amide bonds. The highest BCUT2D eigenvalue weighted by atomic mass is 19.1. The summed E-state index contributed by atoms with van der Waals surface area (Å²) in [6.07, 6.45) is 0. The zero-order valence-corrected chi connectivity index (χ0v) is 10.1. The van der Waals surface area contributed by atoms with E-state index < -0.39 is 0 Å². The SMILES string of the molecule is [O]Cc1ccc2ccc3c(F)ccc4ccc1c2c43. The van der Waals surface area contributed by atoms with E-state index in [0.29, 0.717) is 5.39 Å². The van der Waals surface area contributed by atoms with Crippen LogP contribution in [0.3, 0.4) is 0 Å². The first-order valence-electron chi connectivity index (χ1n) is 6.22. The molecule has 19 heavy (non-hydrogen) atoms. The minimum atomic E-state index is -0.253. The van der Waals surface area contributed by atoms with E-state index in [1.807, 2.05) is 36.4 Å². The molecule has 0 saturated carbocycles. The molecule has 0 aliphatic carbocycles. The van der Waals surface area contributed by atoms with Crippen molar-refractivity contribution in [2.75, 3.05) is 0 Å². The van der Waals surface area contributed by atoms with Crippen LogP contribution in [0.2, 0.25) is 0 Å². The van der Waals surface area contributed by atoms with Crippen molar-refractivity contribution < 1.29 is 9.50 Å². The van der Waals surface area contributed by atoms with Gasteiger partial charge in [0.15, 0.2) is 0 Å². The summed E-state index contributed by atoms with van der Waals surface area (Å²) >= 11 is 0. The van der Waals surface area contributed by atoms with Crippen LogP contribution in [0, 0.1) is 5.82 Å². The zero-order chi connectivity index (χ0) is 13.0. The summed E-state index contributed by atoms with van der Waals surface area (Å²) < 4.78 is 13.9. The fraction of sp³-hybridized carbons (Fsp3) is 0.0588. The van der Waals surface area contributed by atoms with Crippen LogP contribution >= 0.6 is 0 Å². The molecule has 0 aliphatic heterocycles. The van der Waals surface area contributed by atoms with E-state index in [9.17, 15) is 9.50 Å². The van der Waals surface area contributed by atoms with Gasteiger partial charge >= 0.3 is 0 Å². The van der Waals surface area contributed by atoms with E-state index in [2.05, 4.69) is 0 Å². The minimum Gasteiger partial charge on any atom is -0.232 e. The molecule has 2 heteroatoms. The first kappa shape index (κ1) is 10.7. The van der Waals surface area contributed by atoms with Crippen LogP contribution in [0.5, 0.6) is 0 Å². The largest absolute Gasteiger partial charge is 0.232 e. The molecule has 91 valence electrons. The number of hydrogen-bond acceptors (Lipinski definition) is 0. The average molecular weight is 249 g/mol.